The molecule has 3 heterocycles. The van der Waals surface area contributed by atoms with Gasteiger partial charge in [0.2, 0.25) is 5.78 Å². The molecule has 3 aromatic heterocycles. The minimum atomic E-state index is -0.449. The third-order valence-corrected chi connectivity index (χ3v) is 3.87. The van der Waals surface area contributed by atoms with Gasteiger partial charge in [-0.1, -0.05) is 6.92 Å². The van der Waals surface area contributed by atoms with Gasteiger partial charge < -0.3 is 4.57 Å². The molecular formula is C13H17N5O2. The molecule has 1 atom stereocenters. The molecule has 0 fully saturated rings. The molecule has 0 bridgehead atoms. The molecule has 1 N–H and O–H groups in total. The predicted molar refractivity (Wildman–Crippen MR) is 76.3 cm³/mol. The van der Waals surface area contributed by atoms with E-state index in [-0.39, 0.29) is 6.04 Å². The first-order valence-electron chi connectivity index (χ1n) is 6.64. The van der Waals surface area contributed by atoms with Gasteiger partial charge in [0, 0.05) is 25.0 Å². The lowest BCUT2D eigenvalue weighted by Crippen LogP contribution is -2.28. The lowest BCUT2D eigenvalue weighted by Gasteiger charge is -2.12. The van der Waals surface area contributed by atoms with Gasteiger partial charge in [0.1, 0.15) is 0 Å². The van der Waals surface area contributed by atoms with Crippen molar-refractivity contribution in [1.82, 2.24) is 23.5 Å². The zero-order chi connectivity index (χ0) is 14.6. The Labute approximate surface area is 114 Å². The first-order valence-corrected chi connectivity index (χ1v) is 6.64. The number of nitrogens with zero attached hydrogens (tertiary/aromatic N) is 4. The number of nitrogens with one attached hydrogen (secondary N) is 1. The van der Waals surface area contributed by atoms with Crippen LogP contribution in [0.25, 0.3) is 16.9 Å². The molecule has 7 heteroatoms. The van der Waals surface area contributed by atoms with Gasteiger partial charge in [0.05, 0.1) is 0 Å². The lowest BCUT2D eigenvalue weighted by atomic mass is 10.2. The smallest absolute Gasteiger partial charge is 0.311 e. The van der Waals surface area contributed by atoms with Crippen molar-refractivity contribution in [3.8, 4) is 0 Å². The first-order chi connectivity index (χ1) is 9.45. The van der Waals surface area contributed by atoms with Crippen molar-refractivity contribution in [1.29, 1.82) is 0 Å². The van der Waals surface area contributed by atoms with E-state index in [1.165, 1.54) is 4.57 Å². The summed E-state index contributed by atoms with van der Waals surface area (Å²) in [6.45, 7) is 6.20. The molecule has 3 rings (SSSR count). The van der Waals surface area contributed by atoms with Gasteiger partial charge in [-0.3, -0.25) is 18.7 Å². The number of imidazole rings is 2. The Morgan fingerprint density at radius 3 is 2.75 bits per heavy atom. The maximum Gasteiger partial charge on any atom is 0.329 e. The van der Waals surface area contributed by atoms with Crippen molar-refractivity contribution < 1.29 is 0 Å². The number of aryl methyl sites for hydroxylation is 2. The van der Waals surface area contributed by atoms with Crippen LogP contribution in [0.15, 0.2) is 15.8 Å². The molecule has 0 aliphatic heterocycles. The predicted octanol–water partition coefficient (Wildman–Crippen LogP) is 0.955. The molecule has 0 saturated carbocycles. The summed E-state index contributed by atoms with van der Waals surface area (Å²) in [5.74, 6) is 0.693. The van der Waals surface area contributed by atoms with Crippen LogP contribution in [0.2, 0.25) is 0 Å². The maximum absolute atomic E-state index is 12.0. The van der Waals surface area contributed by atoms with Crippen LogP contribution in [0.1, 0.15) is 32.0 Å². The van der Waals surface area contributed by atoms with Crippen LogP contribution in [0.5, 0.6) is 0 Å². The number of aromatic nitrogens is 5. The Morgan fingerprint density at radius 1 is 1.40 bits per heavy atom. The van der Waals surface area contributed by atoms with E-state index in [0.29, 0.717) is 16.9 Å². The summed E-state index contributed by atoms with van der Waals surface area (Å²) in [7, 11) is 1.60. The number of hydrogen-bond acceptors (Lipinski definition) is 3. The topological polar surface area (TPSA) is 77.1 Å². The first kappa shape index (κ1) is 12.7. The van der Waals surface area contributed by atoms with Crippen molar-refractivity contribution in [3.63, 3.8) is 0 Å². The molecule has 3 aromatic rings. The van der Waals surface area contributed by atoms with Crippen LogP contribution in [0.3, 0.4) is 0 Å². The average Bonchev–Trinajstić information content (AvgIpc) is 2.90. The van der Waals surface area contributed by atoms with Crippen molar-refractivity contribution >= 4 is 16.9 Å². The van der Waals surface area contributed by atoms with Crippen LogP contribution in [0.4, 0.5) is 0 Å². The minimum Gasteiger partial charge on any atom is -0.311 e. The van der Waals surface area contributed by atoms with Gasteiger partial charge in [-0.25, -0.2) is 4.79 Å². The minimum absolute atomic E-state index is 0.278. The van der Waals surface area contributed by atoms with Crippen LogP contribution < -0.4 is 11.2 Å². The highest BCUT2D eigenvalue weighted by Crippen LogP contribution is 2.21. The summed E-state index contributed by atoms with van der Waals surface area (Å²) in [6, 6.07) is 0.278. The van der Waals surface area contributed by atoms with Crippen molar-refractivity contribution in [3.05, 3.63) is 32.7 Å². The van der Waals surface area contributed by atoms with Crippen LogP contribution in [0, 0.1) is 6.92 Å². The molecule has 0 amide bonds. The van der Waals surface area contributed by atoms with E-state index < -0.39 is 11.2 Å². The van der Waals surface area contributed by atoms with E-state index in [2.05, 4.69) is 28.4 Å². The fourth-order valence-corrected chi connectivity index (χ4v) is 2.62. The fraction of sp³-hybridized carbons (Fsp3) is 0.462. The summed E-state index contributed by atoms with van der Waals surface area (Å²) >= 11 is 0. The second-order valence-corrected chi connectivity index (χ2v) is 5.17. The van der Waals surface area contributed by atoms with E-state index in [0.717, 1.165) is 12.1 Å². The summed E-state index contributed by atoms with van der Waals surface area (Å²) in [4.78, 5) is 30.5. The Balaban J connectivity index is 2.54. The zero-order valence-electron chi connectivity index (χ0n) is 12.0. The second-order valence-electron chi connectivity index (χ2n) is 5.17. The van der Waals surface area contributed by atoms with Gasteiger partial charge >= 0.3 is 5.69 Å². The Hall–Kier alpha value is -2.31. The number of hydrogen-bond donors (Lipinski definition) is 1. The fourth-order valence-electron chi connectivity index (χ4n) is 2.62. The van der Waals surface area contributed by atoms with Gasteiger partial charge in [0.15, 0.2) is 11.2 Å². The number of fused-ring (bicyclic) bond motifs is 3. The summed E-state index contributed by atoms with van der Waals surface area (Å²) in [5, 5.41) is 0. The Bertz CT molecular complexity index is 924. The van der Waals surface area contributed by atoms with Gasteiger partial charge in [-0.05, 0) is 20.3 Å². The van der Waals surface area contributed by atoms with Gasteiger partial charge in [0.25, 0.3) is 5.56 Å². The quantitative estimate of drug-likeness (QED) is 0.756. The standard InChI is InChI=1S/C13H17N5O2/c1-5-7(2)18-8(3)6-17-9-10(14-12(17)18)16(4)13(20)15-11(9)19/h6-7H,5H2,1-4H3,(H,15,19,20)/t7-/m1/s1. The van der Waals surface area contributed by atoms with Gasteiger partial charge in [-0.15, -0.1) is 0 Å². The molecule has 0 radical (unpaired) electrons. The largest absolute Gasteiger partial charge is 0.329 e. The third kappa shape index (κ3) is 1.49. The Morgan fingerprint density at radius 2 is 2.10 bits per heavy atom. The van der Waals surface area contributed by atoms with E-state index in [1.54, 1.807) is 11.4 Å². The molecule has 0 aromatic carbocycles. The third-order valence-electron chi connectivity index (χ3n) is 3.87. The highest BCUT2D eigenvalue weighted by atomic mass is 16.2. The zero-order valence-corrected chi connectivity index (χ0v) is 12.0. The summed E-state index contributed by atoms with van der Waals surface area (Å²) in [6.07, 6.45) is 2.85. The molecule has 20 heavy (non-hydrogen) atoms. The van der Waals surface area contributed by atoms with E-state index >= 15 is 0 Å². The average molecular weight is 275 g/mol. The Kier molecular flexibility index (Phi) is 2.60. The van der Waals surface area contributed by atoms with E-state index in [4.69, 9.17) is 0 Å². The molecule has 0 unspecified atom stereocenters. The normalized spacial score (nSPS) is 13.4. The molecule has 0 saturated heterocycles. The lowest BCUT2D eigenvalue weighted by molar-refractivity contribution is 0.532. The van der Waals surface area contributed by atoms with E-state index in [1.807, 2.05) is 13.1 Å². The maximum atomic E-state index is 12.0. The van der Waals surface area contributed by atoms with Crippen molar-refractivity contribution in [2.45, 2.75) is 33.2 Å². The van der Waals surface area contributed by atoms with Crippen LogP contribution in [-0.4, -0.2) is 23.5 Å². The van der Waals surface area contributed by atoms with Crippen LogP contribution in [-0.2, 0) is 7.05 Å². The number of aromatic amines is 1. The highest BCUT2D eigenvalue weighted by Gasteiger charge is 2.18. The number of rotatable bonds is 2. The molecular weight excluding hydrogens is 258 g/mol. The van der Waals surface area contributed by atoms with E-state index in [9.17, 15) is 9.59 Å². The summed E-state index contributed by atoms with van der Waals surface area (Å²) in [5.41, 5.74) is 1.00. The number of H-pyrrole nitrogens is 1. The van der Waals surface area contributed by atoms with Crippen molar-refractivity contribution in [2.75, 3.05) is 0 Å². The molecule has 0 aliphatic rings. The molecule has 7 nitrogen and oxygen atoms in total. The summed E-state index contributed by atoms with van der Waals surface area (Å²) < 4.78 is 5.21. The SMILES string of the molecule is CC[C@@H](C)n1c(C)cn2c3c(=O)[nH]c(=O)n(C)c3nc12. The monoisotopic (exact) mass is 275 g/mol. The molecule has 106 valence electrons. The molecule has 0 spiro atoms. The molecule has 0 aliphatic carbocycles. The van der Waals surface area contributed by atoms with Crippen molar-refractivity contribution in [2.24, 2.45) is 7.05 Å². The highest BCUT2D eigenvalue weighted by molar-refractivity contribution is 5.75. The van der Waals surface area contributed by atoms with Gasteiger partial charge in [-0.2, -0.15) is 4.98 Å². The second kappa shape index (κ2) is 4.09. The van der Waals surface area contributed by atoms with Crippen LogP contribution >= 0.6 is 0 Å².